The molecule has 1 heterocycles. The molecular formula is C22H28FNO. The maximum atomic E-state index is 13.2. The van der Waals surface area contributed by atoms with E-state index in [1.807, 2.05) is 0 Å². The summed E-state index contributed by atoms with van der Waals surface area (Å²) in [5, 5.41) is 0. The second kappa shape index (κ2) is 9.00. The molecule has 2 aromatic carbocycles. The third-order valence-electron chi connectivity index (χ3n) is 4.98. The summed E-state index contributed by atoms with van der Waals surface area (Å²) in [5.74, 6) is 0.531. The van der Waals surface area contributed by atoms with E-state index in [-0.39, 0.29) is 12.0 Å². The molecule has 3 heteroatoms. The van der Waals surface area contributed by atoms with Crippen molar-refractivity contribution in [2.75, 3.05) is 6.54 Å². The zero-order valence-electron chi connectivity index (χ0n) is 15.0. The van der Waals surface area contributed by atoms with Crippen LogP contribution in [0.2, 0.25) is 0 Å². The first-order chi connectivity index (χ1) is 12.3. The average Bonchev–Trinajstić information content (AvgIpc) is 2.64. The Balaban J connectivity index is 1.73. The van der Waals surface area contributed by atoms with Gasteiger partial charge >= 0.3 is 0 Å². The fourth-order valence-corrected chi connectivity index (χ4v) is 3.72. The smallest absolute Gasteiger partial charge is 0.152 e. The quantitative estimate of drug-likeness (QED) is 0.666. The van der Waals surface area contributed by atoms with E-state index in [9.17, 15) is 4.39 Å². The number of likely N-dealkylation sites (tertiary alicyclic amines) is 1. The molecular weight excluding hydrogens is 313 g/mol. The molecule has 1 fully saturated rings. The van der Waals surface area contributed by atoms with E-state index >= 15 is 0 Å². The standard InChI is InChI=1S/C22H28FNO/c1-2-8-22(25-21-14-12-19(23)13-15-21)24-16-7-6-11-20(24)17-18-9-4-3-5-10-18/h3-5,9-10,12-15,20,22H,2,6-8,11,16-17H2,1H3. The van der Waals surface area contributed by atoms with Crippen LogP contribution in [0.1, 0.15) is 44.6 Å². The van der Waals surface area contributed by atoms with E-state index in [2.05, 4.69) is 42.2 Å². The molecule has 134 valence electrons. The first-order valence-electron chi connectivity index (χ1n) is 9.48. The van der Waals surface area contributed by atoms with Gasteiger partial charge in [0.1, 0.15) is 11.6 Å². The van der Waals surface area contributed by atoms with Crippen molar-refractivity contribution in [3.05, 3.63) is 66.0 Å². The molecule has 0 bridgehead atoms. The van der Waals surface area contributed by atoms with E-state index in [0.717, 1.165) is 31.6 Å². The van der Waals surface area contributed by atoms with Gasteiger partial charge in [0.2, 0.25) is 0 Å². The van der Waals surface area contributed by atoms with Crippen molar-refractivity contribution in [2.24, 2.45) is 0 Å². The number of ether oxygens (including phenoxy) is 1. The molecule has 3 rings (SSSR count). The van der Waals surface area contributed by atoms with Crippen LogP contribution in [0.15, 0.2) is 54.6 Å². The van der Waals surface area contributed by atoms with Gasteiger partial charge in [0.25, 0.3) is 0 Å². The Kier molecular flexibility index (Phi) is 6.46. The zero-order valence-corrected chi connectivity index (χ0v) is 15.0. The minimum atomic E-state index is -0.223. The number of piperidine rings is 1. The SMILES string of the molecule is CCCC(Oc1ccc(F)cc1)N1CCCCC1Cc1ccccc1. The van der Waals surface area contributed by atoms with Crippen molar-refractivity contribution in [3.63, 3.8) is 0 Å². The lowest BCUT2D eigenvalue weighted by molar-refractivity contribution is -0.0280. The molecule has 2 atom stereocenters. The highest BCUT2D eigenvalue weighted by Gasteiger charge is 2.29. The van der Waals surface area contributed by atoms with Gasteiger partial charge < -0.3 is 4.74 Å². The van der Waals surface area contributed by atoms with Crippen LogP contribution in [0.3, 0.4) is 0 Å². The van der Waals surface area contributed by atoms with Gasteiger partial charge in [-0.3, -0.25) is 4.90 Å². The lowest BCUT2D eigenvalue weighted by atomic mass is 9.95. The van der Waals surface area contributed by atoms with E-state index in [4.69, 9.17) is 4.74 Å². The highest BCUT2D eigenvalue weighted by molar-refractivity contribution is 5.22. The molecule has 1 aliphatic heterocycles. The van der Waals surface area contributed by atoms with Gasteiger partial charge in [-0.05, 0) is 55.5 Å². The minimum absolute atomic E-state index is 0.0597. The highest BCUT2D eigenvalue weighted by Crippen LogP contribution is 2.26. The molecule has 2 nitrogen and oxygen atoms in total. The average molecular weight is 341 g/mol. The van der Waals surface area contributed by atoms with Crippen LogP contribution >= 0.6 is 0 Å². The molecule has 2 unspecified atom stereocenters. The Labute approximate surface area is 150 Å². The molecule has 0 amide bonds. The molecule has 0 N–H and O–H groups in total. The van der Waals surface area contributed by atoms with E-state index < -0.39 is 0 Å². The lowest BCUT2D eigenvalue weighted by Crippen LogP contribution is -2.49. The van der Waals surface area contributed by atoms with Crippen molar-refractivity contribution in [1.29, 1.82) is 0 Å². The van der Waals surface area contributed by atoms with Gasteiger partial charge in [0.15, 0.2) is 6.23 Å². The molecule has 2 aromatic rings. The fourth-order valence-electron chi connectivity index (χ4n) is 3.72. The normalized spacial score (nSPS) is 19.5. The predicted octanol–water partition coefficient (Wildman–Crippen LogP) is 5.43. The Morgan fingerprint density at radius 3 is 2.56 bits per heavy atom. The number of hydrogen-bond acceptors (Lipinski definition) is 2. The molecule has 1 saturated heterocycles. The third-order valence-corrected chi connectivity index (χ3v) is 4.98. The van der Waals surface area contributed by atoms with Crippen LogP contribution < -0.4 is 4.74 Å². The monoisotopic (exact) mass is 341 g/mol. The first-order valence-corrected chi connectivity index (χ1v) is 9.48. The van der Waals surface area contributed by atoms with Crippen LogP contribution in [-0.4, -0.2) is 23.7 Å². The predicted molar refractivity (Wildman–Crippen MR) is 100 cm³/mol. The van der Waals surface area contributed by atoms with Gasteiger partial charge in [-0.25, -0.2) is 4.39 Å². The number of benzene rings is 2. The first kappa shape index (κ1) is 17.9. The summed E-state index contributed by atoms with van der Waals surface area (Å²) in [4.78, 5) is 2.53. The maximum Gasteiger partial charge on any atom is 0.152 e. The van der Waals surface area contributed by atoms with Crippen LogP contribution in [0.4, 0.5) is 4.39 Å². The summed E-state index contributed by atoms with van der Waals surface area (Å²) in [7, 11) is 0. The number of rotatable bonds is 7. The fraction of sp³-hybridized carbons (Fsp3) is 0.455. The molecule has 0 aromatic heterocycles. The Bertz CT molecular complexity index is 628. The molecule has 0 aliphatic carbocycles. The summed E-state index contributed by atoms with van der Waals surface area (Å²) in [6.45, 7) is 3.26. The van der Waals surface area contributed by atoms with Crippen molar-refractivity contribution in [1.82, 2.24) is 4.90 Å². The van der Waals surface area contributed by atoms with Crippen molar-refractivity contribution in [2.45, 2.75) is 57.7 Å². The van der Waals surface area contributed by atoms with E-state index in [1.54, 1.807) is 12.1 Å². The summed E-state index contributed by atoms with van der Waals surface area (Å²) in [6, 6.07) is 17.6. The Morgan fingerprint density at radius 1 is 1.08 bits per heavy atom. The summed E-state index contributed by atoms with van der Waals surface area (Å²) in [5.41, 5.74) is 1.39. The van der Waals surface area contributed by atoms with Gasteiger partial charge in [0.05, 0.1) is 0 Å². The van der Waals surface area contributed by atoms with Gasteiger partial charge in [-0.2, -0.15) is 0 Å². The number of hydrogen-bond donors (Lipinski definition) is 0. The Morgan fingerprint density at radius 2 is 1.84 bits per heavy atom. The minimum Gasteiger partial charge on any atom is -0.475 e. The van der Waals surface area contributed by atoms with Gasteiger partial charge in [0, 0.05) is 12.6 Å². The maximum absolute atomic E-state index is 13.2. The molecule has 0 saturated carbocycles. The van der Waals surface area contributed by atoms with Crippen LogP contribution in [0.5, 0.6) is 5.75 Å². The van der Waals surface area contributed by atoms with Gasteiger partial charge in [-0.1, -0.05) is 50.1 Å². The van der Waals surface area contributed by atoms with Gasteiger partial charge in [-0.15, -0.1) is 0 Å². The van der Waals surface area contributed by atoms with Crippen LogP contribution in [0, 0.1) is 5.82 Å². The third kappa shape index (κ3) is 5.05. The molecule has 0 spiro atoms. The molecule has 25 heavy (non-hydrogen) atoms. The van der Waals surface area contributed by atoms with Crippen molar-refractivity contribution < 1.29 is 9.13 Å². The van der Waals surface area contributed by atoms with E-state index in [0.29, 0.717) is 6.04 Å². The summed E-state index contributed by atoms with van der Waals surface area (Å²) >= 11 is 0. The van der Waals surface area contributed by atoms with Crippen LogP contribution in [-0.2, 0) is 6.42 Å². The van der Waals surface area contributed by atoms with Crippen LogP contribution in [0.25, 0.3) is 0 Å². The largest absolute Gasteiger partial charge is 0.475 e. The molecule has 1 aliphatic rings. The van der Waals surface area contributed by atoms with Crippen molar-refractivity contribution >= 4 is 0 Å². The number of nitrogens with zero attached hydrogens (tertiary/aromatic N) is 1. The topological polar surface area (TPSA) is 12.5 Å². The molecule has 0 radical (unpaired) electrons. The van der Waals surface area contributed by atoms with E-state index in [1.165, 1.54) is 37.0 Å². The summed E-state index contributed by atoms with van der Waals surface area (Å²) in [6.07, 6.45) is 6.89. The second-order valence-corrected chi connectivity index (χ2v) is 6.89. The van der Waals surface area contributed by atoms with Crippen molar-refractivity contribution in [3.8, 4) is 5.75 Å². The zero-order chi connectivity index (χ0) is 17.5. The number of halogens is 1. The lowest BCUT2D eigenvalue weighted by Gasteiger charge is -2.41. The summed E-state index contributed by atoms with van der Waals surface area (Å²) < 4.78 is 19.4. The highest BCUT2D eigenvalue weighted by atomic mass is 19.1. The second-order valence-electron chi connectivity index (χ2n) is 6.89. The Hall–Kier alpha value is -1.87.